The van der Waals surface area contributed by atoms with Crippen LogP contribution in [-0.2, 0) is 6.54 Å². The number of nitrogens with zero attached hydrogens (tertiary/aromatic N) is 3. The largest absolute Gasteiger partial charge is 0.396 e. The molecular formula is C19H27N3O. The smallest absolute Gasteiger partial charge is 0.0648 e. The van der Waals surface area contributed by atoms with E-state index in [2.05, 4.69) is 47.3 Å². The molecule has 2 aromatic rings. The Morgan fingerprint density at radius 2 is 1.96 bits per heavy atom. The molecular weight excluding hydrogens is 286 g/mol. The lowest BCUT2D eigenvalue weighted by Gasteiger charge is -2.35. The molecule has 2 heterocycles. The van der Waals surface area contributed by atoms with Gasteiger partial charge in [-0.05, 0) is 63.4 Å². The lowest BCUT2D eigenvalue weighted by atomic mass is 9.99. The zero-order chi connectivity index (χ0) is 16.2. The van der Waals surface area contributed by atoms with Crippen LogP contribution in [0.5, 0.6) is 0 Å². The van der Waals surface area contributed by atoms with E-state index in [1.165, 1.54) is 24.8 Å². The van der Waals surface area contributed by atoms with E-state index in [0.717, 1.165) is 36.6 Å². The van der Waals surface area contributed by atoms with Crippen LogP contribution in [-0.4, -0.2) is 39.0 Å². The minimum absolute atomic E-state index is 0.290. The Morgan fingerprint density at radius 1 is 1.17 bits per heavy atom. The number of aromatic nitrogens is 2. The fourth-order valence-electron chi connectivity index (χ4n) is 3.61. The molecule has 1 saturated heterocycles. The summed E-state index contributed by atoms with van der Waals surface area (Å²) in [5.74, 6) is 0. The van der Waals surface area contributed by atoms with Gasteiger partial charge in [-0.1, -0.05) is 18.6 Å². The Hall–Kier alpha value is -1.65. The summed E-state index contributed by atoms with van der Waals surface area (Å²) < 4.78 is 1.99. The first-order valence-corrected chi connectivity index (χ1v) is 8.65. The highest BCUT2D eigenvalue weighted by molar-refractivity contribution is 5.36. The van der Waals surface area contributed by atoms with E-state index in [1.807, 2.05) is 11.6 Å². The quantitative estimate of drug-likeness (QED) is 0.921. The molecule has 1 aliphatic heterocycles. The van der Waals surface area contributed by atoms with Crippen LogP contribution < -0.4 is 0 Å². The lowest BCUT2D eigenvalue weighted by Crippen LogP contribution is -2.39. The molecule has 0 saturated carbocycles. The van der Waals surface area contributed by atoms with Crippen LogP contribution >= 0.6 is 0 Å². The standard InChI is InChI=1S/C19H27N3O/c1-15-13-16(2)22(20-15)19-8-6-17(7-9-19)14-21-11-4-3-5-18(21)10-12-23/h6-9,13,18,23H,3-5,10-12,14H2,1-2H3. The fourth-order valence-corrected chi connectivity index (χ4v) is 3.61. The van der Waals surface area contributed by atoms with Crippen LogP contribution in [0.2, 0.25) is 0 Å². The molecule has 4 heteroatoms. The minimum Gasteiger partial charge on any atom is -0.396 e. The molecule has 1 aliphatic rings. The first-order valence-electron chi connectivity index (χ1n) is 8.65. The molecule has 1 aromatic heterocycles. The third kappa shape index (κ3) is 3.82. The van der Waals surface area contributed by atoms with E-state index < -0.39 is 0 Å². The second kappa shape index (κ2) is 7.28. The van der Waals surface area contributed by atoms with E-state index in [1.54, 1.807) is 0 Å². The Balaban J connectivity index is 1.70. The minimum atomic E-state index is 0.290. The number of benzene rings is 1. The van der Waals surface area contributed by atoms with Gasteiger partial charge in [0, 0.05) is 24.9 Å². The molecule has 0 bridgehead atoms. The molecule has 4 nitrogen and oxygen atoms in total. The third-order valence-electron chi connectivity index (χ3n) is 4.79. The summed E-state index contributed by atoms with van der Waals surface area (Å²) in [6, 6.07) is 11.3. The second-order valence-electron chi connectivity index (χ2n) is 6.64. The summed E-state index contributed by atoms with van der Waals surface area (Å²) in [5, 5.41) is 13.8. The Labute approximate surface area is 138 Å². The third-order valence-corrected chi connectivity index (χ3v) is 4.79. The monoisotopic (exact) mass is 313 g/mol. The van der Waals surface area contributed by atoms with Crippen LogP contribution in [0.3, 0.4) is 0 Å². The number of hydrogen-bond donors (Lipinski definition) is 1. The SMILES string of the molecule is Cc1cc(C)n(-c2ccc(CN3CCCCC3CCO)cc2)n1. The van der Waals surface area contributed by atoms with Crippen molar-refractivity contribution in [2.45, 2.75) is 52.1 Å². The van der Waals surface area contributed by atoms with Gasteiger partial charge in [0.2, 0.25) is 0 Å². The van der Waals surface area contributed by atoms with Crippen molar-refractivity contribution in [1.82, 2.24) is 14.7 Å². The molecule has 124 valence electrons. The Bertz CT molecular complexity index is 631. The van der Waals surface area contributed by atoms with Crippen LogP contribution in [0.15, 0.2) is 30.3 Å². The van der Waals surface area contributed by atoms with E-state index in [4.69, 9.17) is 0 Å². The van der Waals surface area contributed by atoms with Gasteiger partial charge in [-0.25, -0.2) is 4.68 Å². The summed E-state index contributed by atoms with van der Waals surface area (Å²) in [4.78, 5) is 2.53. The number of aliphatic hydroxyl groups excluding tert-OH is 1. The average molecular weight is 313 g/mol. The van der Waals surface area contributed by atoms with Crippen molar-refractivity contribution in [3.8, 4) is 5.69 Å². The highest BCUT2D eigenvalue weighted by Gasteiger charge is 2.21. The van der Waals surface area contributed by atoms with Gasteiger partial charge in [0.1, 0.15) is 0 Å². The van der Waals surface area contributed by atoms with E-state index in [0.29, 0.717) is 6.04 Å². The average Bonchev–Trinajstić information content (AvgIpc) is 2.89. The number of rotatable bonds is 5. The summed E-state index contributed by atoms with van der Waals surface area (Å²) >= 11 is 0. The highest BCUT2D eigenvalue weighted by Crippen LogP contribution is 2.22. The van der Waals surface area contributed by atoms with Gasteiger partial charge in [0.25, 0.3) is 0 Å². The van der Waals surface area contributed by atoms with Crippen LogP contribution in [0.25, 0.3) is 5.69 Å². The summed E-state index contributed by atoms with van der Waals surface area (Å²) in [5.41, 5.74) is 4.66. The number of likely N-dealkylation sites (tertiary alicyclic amines) is 1. The van der Waals surface area contributed by atoms with E-state index in [-0.39, 0.29) is 6.61 Å². The van der Waals surface area contributed by atoms with Gasteiger partial charge in [0.05, 0.1) is 11.4 Å². The zero-order valence-corrected chi connectivity index (χ0v) is 14.2. The van der Waals surface area contributed by atoms with Crippen molar-refractivity contribution in [2.75, 3.05) is 13.2 Å². The molecule has 0 amide bonds. The van der Waals surface area contributed by atoms with Crippen molar-refractivity contribution in [3.05, 3.63) is 47.3 Å². The van der Waals surface area contributed by atoms with Crippen molar-refractivity contribution in [1.29, 1.82) is 0 Å². The molecule has 1 atom stereocenters. The molecule has 1 unspecified atom stereocenters. The maximum Gasteiger partial charge on any atom is 0.0648 e. The van der Waals surface area contributed by atoms with Gasteiger partial charge >= 0.3 is 0 Å². The number of aliphatic hydroxyl groups is 1. The topological polar surface area (TPSA) is 41.3 Å². The Morgan fingerprint density at radius 3 is 2.61 bits per heavy atom. The molecule has 0 aliphatic carbocycles. The van der Waals surface area contributed by atoms with Gasteiger partial charge in [0.15, 0.2) is 0 Å². The molecule has 1 fully saturated rings. The fraction of sp³-hybridized carbons (Fsp3) is 0.526. The molecule has 23 heavy (non-hydrogen) atoms. The number of hydrogen-bond acceptors (Lipinski definition) is 3. The normalized spacial score (nSPS) is 19.2. The van der Waals surface area contributed by atoms with Gasteiger partial charge in [-0.2, -0.15) is 5.10 Å². The summed E-state index contributed by atoms with van der Waals surface area (Å²) in [6.07, 6.45) is 4.66. The van der Waals surface area contributed by atoms with Gasteiger partial charge in [-0.15, -0.1) is 0 Å². The van der Waals surface area contributed by atoms with Crippen LogP contribution in [0, 0.1) is 13.8 Å². The predicted molar refractivity (Wildman–Crippen MR) is 92.8 cm³/mol. The zero-order valence-electron chi connectivity index (χ0n) is 14.2. The highest BCUT2D eigenvalue weighted by atomic mass is 16.3. The first kappa shape index (κ1) is 16.2. The Kier molecular flexibility index (Phi) is 5.13. The number of piperidine rings is 1. The maximum atomic E-state index is 9.26. The molecule has 0 spiro atoms. The van der Waals surface area contributed by atoms with Crippen molar-refractivity contribution in [2.24, 2.45) is 0 Å². The summed E-state index contributed by atoms with van der Waals surface area (Å²) in [7, 11) is 0. The van der Waals surface area contributed by atoms with E-state index in [9.17, 15) is 5.11 Å². The van der Waals surface area contributed by atoms with Crippen molar-refractivity contribution >= 4 is 0 Å². The number of aryl methyl sites for hydroxylation is 2. The lowest BCUT2D eigenvalue weighted by molar-refractivity contribution is 0.112. The van der Waals surface area contributed by atoms with Crippen molar-refractivity contribution in [3.63, 3.8) is 0 Å². The predicted octanol–water partition coefficient (Wildman–Crippen LogP) is 3.23. The van der Waals surface area contributed by atoms with Gasteiger partial charge in [-0.3, -0.25) is 4.90 Å². The maximum absolute atomic E-state index is 9.26. The van der Waals surface area contributed by atoms with Crippen molar-refractivity contribution < 1.29 is 5.11 Å². The van der Waals surface area contributed by atoms with Gasteiger partial charge < -0.3 is 5.11 Å². The first-order chi connectivity index (χ1) is 11.2. The van der Waals surface area contributed by atoms with Crippen LogP contribution in [0.4, 0.5) is 0 Å². The molecule has 1 N–H and O–H groups in total. The molecule has 3 rings (SSSR count). The summed E-state index contributed by atoms with van der Waals surface area (Å²) in [6.45, 7) is 6.51. The second-order valence-corrected chi connectivity index (χ2v) is 6.64. The van der Waals surface area contributed by atoms with E-state index >= 15 is 0 Å². The molecule has 1 aromatic carbocycles. The molecule has 0 radical (unpaired) electrons. The van der Waals surface area contributed by atoms with Crippen LogP contribution in [0.1, 0.15) is 42.6 Å².